The minimum absolute atomic E-state index is 0.0302. The zero-order chi connectivity index (χ0) is 13.7. The molecule has 2 rings (SSSR count). The fraction of sp³-hybridized carbons (Fsp3) is 0.0714. The van der Waals surface area contributed by atoms with Crippen molar-refractivity contribution < 1.29 is 4.79 Å². The predicted octanol–water partition coefficient (Wildman–Crippen LogP) is 3.60. The van der Waals surface area contributed by atoms with Gasteiger partial charge in [0.2, 0.25) is 5.91 Å². The minimum atomic E-state index is -0.0302. The Morgan fingerprint density at radius 1 is 1.16 bits per heavy atom. The number of hydrogen-bond acceptors (Lipinski definition) is 3. The van der Waals surface area contributed by atoms with Gasteiger partial charge in [-0.25, -0.2) is 0 Å². The maximum absolute atomic E-state index is 11.9. The molecular formula is C14H13IN2OS. The second kappa shape index (κ2) is 6.81. The number of anilines is 2. The van der Waals surface area contributed by atoms with Gasteiger partial charge in [-0.1, -0.05) is 24.3 Å². The highest BCUT2D eigenvalue weighted by Crippen LogP contribution is 2.24. The van der Waals surface area contributed by atoms with E-state index in [9.17, 15) is 4.79 Å². The molecule has 0 bridgehead atoms. The lowest BCUT2D eigenvalue weighted by Crippen LogP contribution is -2.14. The normalized spacial score (nSPS) is 10.2. The summed E-state index contributed by atoms with van der Waals surface area (Å²) in [4.78, 5) is 12.8. The van der Waals surface area contributed by atoms with Gasteiger partial charge in [0, 0.05) is 14.2 Å². The molecule has 0 spiro atoms. The van der Waals surface area contributed by atoms with E-state index in [0.717, 1.165) is 14.2 Å². The second-order valence-corrected chi connectivity index (χ2v) is 6.03. The molecule has 98 valence electrons. The largest absolute Gasteiger partial charge is 0.398 e. The molecule has 0 atom stereocenters. The highest BCUT2D eigenvalue weighted by atomic mass is 127. The first kappa shape index (κ1) is 14.2. The van der Waals surface area contributed by atoms with Gasteiger partial charge in [0.1, 0.15) is 0 Å². The Balaban J connectivity index is 1.92. The zero-order valence-electron chi connectivity index (χ0n) is 10.1. The van der Waals surface area contributed by atoms with Crippen LogP contribution in [0.25, 0.3) is 0 Å². The van der Waals surface area contributed by atoms with E-state index in [1.165, 1.54) is 11.8 Å². The number of amides is 1. The second-order valence-electron chi connectivity index (χ2n) is 3.85. The molecule has 1 amide bonds. The van der Waals surface area contributed by atoms with E-state index in [1.807, 2.05) is 48.5 Å². The van der Waals surface area contributed by atoms with Gasteiger partial charge in [0.25, 0.3) is 0 Å². The molecule has 2 aromatic carbocycles. The Morgan fingerprint density at radius 2 is 1.84 bits per heavy atom. The van der Waals surface area contributed by atoms with Crippen molar-refractivity contribution in [1.29, 1.82) is 0 Å². The maximum Gasteiger partial charge on any atom is 0.234 e. The van der Waals surface area contributed by atoms with Crippen molar-refractivity contribution in [1.82, 2.24) is 0 Å². The topological polar surface area (TPSA) is 55.1 Å². The molecule has 0 radical (unpaired) electrons. The number of para-hydroxylation sites is 2. The number of benzene rings is 2. The van der Waals surface area contributed by atoms with Crippen molar-refractivity contribution in [2.45, 2.75) is 4.90 Å². The van der Waals surface area contributed by atoms with Crippen molar-refractivity contribution in [2.24, 2.45) is 0 Å². The van der Waals surface area contributed by atoms with Crippen molar-refractivity contribution >= 4 is 51.6 Å². The summed E-state index contributed by atoms with van der Waals surface area (Å²) in [5, 5.41) is 2.89. The smallest absolute Gasteiger partial charge is 0.234 e. The molecule has 0 heterocycles. The molecule has 0 aliphatic heterocycles. The van der Waals surface area contributed by atoms with Gasteiger partial charge in [-0.05, 0) is 46.9 Å². The van der Waals surface area contributed by atoms with E-state index in [4.69, 9.17) is 5.73 Å². The third-order valence-corrected chi connectivity index (χ3v) is 4.46. The lowest BCUT2D eigenvalue weighted by Gasteiger charge is -2.08. The van der Waals surface area contributed by atoms with Crippen LogP contribution in [0.3, 0.4) is 0 Å². The van der Waals surface area contributed by atoms with Gasteiger partial charge in [-0.2, -0.15) is 0 Å². The molecule has 0 saturated heterocycles. The molecule has 2 aromatic rings. The van der Waals surface area contributed by atoms with Crippen LogP contribution in [0.1, 0.15) is 0 Å². The molecule has 0 aliphatic carbocycles. The molecule has 5 heteroatoms. The quantitative estimate of drug-likeness (QED) is 0.481. The Morgan fingerprint density at radius 3 is 2.58 bits per heavy atom. The fourth-order valence-corrected chi connectivity index (χ4v) is 2.79. The van der Waals surface area contributed by atoms with Crippen LogP contribution in [0.2, 0.25) is 0 Å². The van der Waals surface area contributed by atoms with Crippen LogP contribution in [-0.4, -0.2) is 11.7 Å². The molecular weight excluding hydrogens is 371 g/mol. The fourth-order valence-electron chi connectivity index (χ4n) is 1.50. The Bertz CT molecular complexity index is 589. The standard InChI is InChI=1S/C14H13IN2OS/c15-10-5-1-3-7-12(10)17-14(18)9-19-13-8-4-2-6-11(13)16/h1-8H,9,16H2,(H,17,18). The highest BCUT2D eigenvalue weighted by Gasteiger charge is 2.07. The third kappa shape index (κ3) is 4.14. The van der Waals surface area contributed by atoms with Crippen molar-refractivity contribution in [3.05, 3.63) is 52.1 Å². The number of thioether (sulfide) groups is 1. The van der Waals surface area contributed by atoms with Crippen LogP contribution in [0.15, 0.2) is 53.4 Å². The number of nitrogens with two attached hydrogens (primary N) is 1. The minimum Gasteiger partial charge on any atom is -0.398 e. The summed E-state index contributed by atoms with van der Waals surface area (Å²) in [6.45, 7) is 0. The molecule has 0 saturated carbocycles. The molecule has 3 nitrogen and oxygen atoms in total. The summed E-state index contributed by atoms with van der Waals surface area (Å²) in [5.74, 6) is 0.316. The van der Waals surface area contributed by atoms with Crippen LogP contribution >= 0.6 is 34.4 Å². The van der Waals surface area contributed by atoms with E-state index in [0.29, 0.717) is 11.4 Å². The average Bonchev–Trinajstić information content (AvgIpc) is 2.40. The lowest BCUT2D eigenvalue weighted by atomic mass is 10.3. The SMILES string of the molecule is Nc1ccccc1SCC(=O)Nc1ccccc1I. The van der Waals surface area contributed by atoms with Crippen LogP contribution in [0.5, 0.6) is 0 Å². The Kier molecular flexibility index (Phi) is 5.09. The summed E-state index contributed by atoms with van der Waals surface area (Å²) < 4.78 is 1.03. The van der Waals surface area contributed by atoms with Crippen LogP contribution in [0.4, 0.5) is 11.4 Å². The summed E-state index contributed by atoms with van der Waals surface area (Å²) in [7, 11) is 0. The molecule has 0 fully saturated rings. The van der Waals surface area contributed by atoms with Crippen LogP contribution < -0.4 is 11.1 Å². The molecule has 3 N–H and O–H groups in total. The maximum atomic E-state index is 11.9. The van der Waals surface area contributed by atoms with E-state index < -0.39 is 0 Å². The van der Waals surface area contributed by atoms with E-state index in [2.05, 4.69) is 27.9 Å². The van der Waals surface area contributed by atoms with Gasteiger partial charge >= 0.3 is 0 Å². The van der Waals surface area contributed by atoms with Gasteiger partial charge < -0.3 is 11.1 Å². The molecule has 0 aliphatic rings. The number of carbonyl (C=O) groups is 1. The van der Waals surface area contributed by atoms with Gasteiger partial charge in [-0.15, -0.1) is 11.8 Å². The summed E-state index contributed by atoms with van der Waals surface area (Å²) in [5.41, 5.74) is 7.38. The van der Waals surface area contributed by atoms with E-state index >= 15 is 0 Å². The zero-order valence-corrected chi connectivity index (χ0v) is 13.1. The molecule has 0 aromatic heterocycles. The molecule has 19 heavy (non-hydrogen) atoms. The lowest BCUT2D eigenvalue weighted by molar-refractivity contribution is -0.113. The van der Waals surface area contributed by atoms with Gasteiger partial charge in [0.05, 0.1) is 11.4 Å². The Hall–Kier alpha value is -1.21. The number of nitrogen functional groups attached to an aromatic ring is 1. The van der Waals surface area contributed by atoms with Crippen LogP contribution in [-0.2, 0) is 4.79 Å². The number of halogens is 1. The summed E-state index contributed by atoms with van der Waals surface area (Å²) in [6, 6.07) is 15.2. The van der Waals surface area contributed by atoms with Crippen molar-refractivity contribution in [2.75, 3.05) is 16.8 Å². The van der Waals surface area contributed by atoms with Crippen molar-refractivity contribution in [3.63, 3.8) is 0 Å². The number of nitrogens with one attached hydrogen (secondary N) is 1. The predicted molar refractivity (Wildman–Crippen MR) is 89.4 cm³/mol. The first-order valence-corrected chi connectivity index (χ1v) is 7.75. The van der Waals surface area contributed by atoms with Gasteiger partial charge in [-0.3, -0.25) is 4.79 Å². The number of rotatable bonds is 4. The summed E-state index contributed by atoms with van der Waals surface area (Å²) >= 11 is 3.64. The van der Waals surface area contributed by atoms with E-state index in [1.54, 1.807) is 0 Å². The number of carbonyl (C=O) groups excluding carboxylic acids is 1. The van der Waals surface area contributed by atoms with Gasteiger partial charge in [0.15, 0.2) is 0 Å². The monoisotopic (exact) mass is 384 g/mol. The molecule has 0 unspecified atom stereocenters. The Labute approximate surface area is 130 Å². The van der Waals surface area contributed by atoms with Crippen molar-refractivity contribution in [3.8, 4) is 0 Å². The third-order valence-electron chi connectivity index (χ3n) is 2.43. The first-order valence-electron chi connectivity index (χ1n) is 5.68. The highest BCUT2D eigenvalue weighted by molar-refractivity contribution is 14.1. The van der Waals surface area contributed by atoms with Crippen LogP contribution in [0, 0.1) is 3.57 Å². The number of hydrogen-bond donors (Lipinski definition) is 2. The van der Waals surface area contributed by atoms with E-state index in [-0.39, 0.29) is 5.91 Å². The average molecular weight is 384 g/mol. The first-order chi connectivity index (χ1) is 9.16. The summed E-state index contributed by atoms with van der Waals surface area (Å²) in [6.07, 6.45) is 0.